The first kappa shape index (κ1) is 18.7. The minimum absolute atomic E-state index is 0.119. The lowest BCUT2D eigenvalue weighted by Crippen LogP contribution is -2.13. The van der Waals surface area contributed by atoms with Crippen LogP contribution >= 0.6 is 34.8 Å². The highest BCUT2D eigenvalue weighted by Gasteiger charge is 2.35. The topological polar surface area (TPSA) is 80.9 Å². The molecule has 0 aliphatic heterocycles. The van der Waals surface area contributed by atoms with Crippen molar-refractivity contribution in [3.8, 4) is 0 Å². The molecule has 12 heteroatoms. The number of rotatable bonds is 2. The second-order valence-electron chi connectivity index (χ2n) is 5.17. The lowest BCUT2D eigenvalue weighted by molar-refractivity contribution is -0.142. The van der Waals surface area contributed by atoms with E-state index in [-0.39, 0.29) is 43.6 Å². The van der Waals surface area contributed by atoms with Crippen molar-refractivity contribution in [1.29, 1.82) is 0 Å². The van der Waals surface area contributed by atoms with E-state index < -0.39 is 11.9 Å². The number of azo groups is 1. The molecule has 0 aliphatic carbocycles. The molecule has 0 saturated heterocycles. The number of nitrogen functional groups attached to an aromatic ring is 1. The summed E-state index contributed by atoms with van der Waals surface area (Å²) < 4.78 is 40.2. The van der Waals surface area contributed by atoms with E-state index in [1.165, 1.54) is 19.1 Å². The molecule has 2 N–H and O–H groups in total. The molecule has 0 fully saturated rings. The molecule has 0 saturated carbocycles. The largest absolute Gasteiger partial charge is 0.433 e. The third-order valence-electron chi connectivity index (χ3n) is 3.26. The number of hydrogen-bond donors (Lipinski definition) is 1. The van der Waals surface area contributed by atoms with Crippen LogP contribution in [0.5, 0.6) is 0 Å². The summed E-state index contributed by atoms with van der Waals surface area (Å²) in [5.74, 6) is -0.270. The predicted molar refractivity (Wildman–Crippen MR) is 92.8 cm³/mol. The maximum absolute atomic E-state index is 13.2. The van der Waals surface area contributed by atoms with Crippen molar-refractivity contribution in [3.05, 3.63) is 44.7 Å². The van der Waals surface area contributed by atoms with Crippen molar-refractivity contribution in [2.24, 2.45) is 10.2 Å². The fraction of sp³-hybridized carbons (Fsp3) is 0.143. The van der Waals surface area contributed by atoms with Crippen molar-refractivity contribution in [1.82, 2.24) is 14.6 Å². The molecule has 0 spiro atoms. The number of halogens is 6. The standard InChI is InChI=1S/C14H8Cl3F3N6/c1-5-2-10(14(18,19)20)26-13(22-5)11(12(21)25-26)24-23-9-4-7(16)6(15)3-8(9)17/h2-4H,1H3,(H2,21,25). The van der Waals surface area contributed by atoms with Crippen molar-refractivity contribution >= 4 is 57.6 Å². The Morgan fingerprint density at radius 2 is 1.69 bits per heavy atom. The van der Waals surface area contributed by atoms with E-state index in [4.69, 9.17) is 40.5 Å². The smallest absolute Gasteiger partial charge is 0.380 e. The second kappa shape index (κ2) is 6.57. The van der Waals surface area contributed by atoms with Crippen LogP contribution in [0.15, 0.2) is 28.4 Å². The lowest BCUT2D eigenvalue weighted by Gasteiger charge is -2.09. The van der Waals surface area contributed by atoms with Crippen LogP contribution in [-0.4, -0.2) is 14.6 Å². The predicted octanol–water partition coefficient (Wildman–Crippen LogP) is 6.01. The molecular formula is C14H8Cl3F3N6. The van der Waals surface area contributed by atoms with Gasteiger partial charge in [0.2, 0.25) is 0 Å². The molecule has 3 rings (SSSR count). The molecule has 3 aromatic rings. The van der Waals surface area contributed by atoms with Gasteiger partial charge in [-0.2, -0.15) is 13.2 Å². The number of aryl methyl sites for hydroxylation is 1. The fourth-order valence-electron chi connectivity index (χ4n) is 2.13. The Labute approximate surface area is 159 Å². The highest BCUT2D eigenvalue weighted by molar-refractivity contribution is 6.43. The van der Waals surface area contributed by atoms with Gasteiger partial charge in [0.25, 0.3) is 0 Å². The van der Waals surface area contributed by atoms with Gasteiger partial charge in [0.15, 0.2) is 17.2 Å². The van der Waals surface area contributed by atoms with Gasteiger partial charge in [-0.1, -0.05) is 34.8 Å². The number of anilines is 1. The van der Waals surface area contributed by atoms with E-state index >= 15 is 0 Å². The normalized spacial score (nSPS) is 12.4. The van der Waals surface area contributed by atoms with Crippen LogP contribution in [0, 0.1) is 6.92 Å². The van der Waals surface area contributed by atoms with Gasteiger partial charge in [-0.05, 0) is 25.1 Å². The van der Waals surface area contributed by atoms with E-state index in [9.17, 15) is 13.2 Å². The highest BCUT2D eigenvalue weighted by Crippen LogP contribution is 2.37. The Kier molecular flexibility index (Phi) is 4.72. The van der Waals surface area contributed by atoms with Crippen LogP contribution in [0.25, 0.3) is 5.65 Å². The number of fused-ring (bicyclic) bond motifs is 1. The summed E-state index contributed by atoms with van der Waals surface area (Å²) >= 11 is 17.7. The Morgan fingerprint density at radius 3 is 2.35 bits per heavy atom. The molecule has 0 atom stereocenters. The summed E-state index contributed by atoms with van der Waals surface area (Å²) in [7, 11) is 0. The van der Waals surface area contributed by atoms with Crippen molar-refractivity contribution in [3.63, 3.8) is 0 Å². The van der Waals surface area contributed by atoms with Gasteiger partial charge in [0.1, 0.15) is 11.4 Å². The van der Waals surface area contributed by atoms with Crippen molar-refractivity contribution in [2.45, 2.75) is 13.1 Å². The molecule has 2 aromatic heterocycles. The van der Waals surface area contributed by atoms with Gasteiger partial charge in [0, 0.05) is 5.69 Å². The number of alkyl halides is 3. The SMILES string of the molecule is Cc1cc(C(F)(F)F)n2nc(N)c(N=Nc3cc(Cl)c(Cl)cc3Cl)c2n1. The molecular weight excluding hydrogens is 416 g/mol. The third-order valence-corrected chi connectivity index (χ3v) is 4.28. The first-order chi connectivity index (χ1) is 12.1. The van der Waals surface area contributed by atoms with E-state index in [0.29, 0.717) is 4.52 Å². The molecule has 0 unspecified atom stereocenters. The van der Waals surface area contributed by atoms with Crippen molar-refractivity contribution < 1.29 is 13.2 Å². The Bertz CT molecular complexity index is 1040. The van der Waals surface area contributed by atoms with Gasteiger partial charge in [-0.3, -0.25) is 0 Å². The van der Waals surface area contributed by atoms with Crippen LogP contribution in [0.1, 0.15) is 11.4 Å². The zero-order valence-electron chi connectivity index (χ0n) is 12.8. The number of benzene rings is 1. The zero-order chi connectivity index (χ0) is 19.2. The summed E-state index contributed by atoms with van der Waals surface area (Å²) in [5.41, 5.74) is 4.64. The summed E-state index contributed by atoms with van der Waals surface area (Å²) in [6.07, 6.45) is -4.65. The first-order valence-electron chi connectivity index (χ1n) is 6.87. The van der Waals surface area contributed by atoms with Crippen LogP contribution < -0.4 is 5.73 Å². The Balaban J connectivity index is 2.16. The van der Waals surface area contributed by atoms with Gasteiger partial charge in [-0.15, -0.1) is 15.3 Å². The van der Waals surface area contributed by atoms with E-state index in [1.54, 1.807) is 0 Å². The minimum Gasteiger partial charge on any atom is -0.380 e. The van der Waals surface area contributed by atoms with Crippen LogP contribution in [-0.2, 0) is 6.18 Å². The molecule has 2 heterocycles. The molecule has 0 aliphatic rings. The monoisotopic (exact) mass is 422 g/mol. The van der Waals surface area contributed by atoms with E-state index in [2.05, 4.69) is 20.3 Å². The number of nitrogens with two attached hydrogens (primary N) is 1. The second-order valence-corrected chi connectivity index (χ2v) is 6.39. The maximum Gasteiger partial charge on any atom is 0.433 e. The Morgan fingerprint density at radius 1 is 1.04 bits per heavy atom. The molecule has 6 nitrogen and oxygen atoms in total. The zero-order valence-corrected chi connectivity index (χ0v) is 15.1. The molecule has 0 bridgehead atoms. The number of aromatic nitrogens is 3. The summed E-state index contributed by atoms with van der Waals surface area (Å²) in [4.78, 5) is 4.02. The fourth-order valence-corrected chi connectivity index (χ4v) is 2.71. The summed E-state index contributed by atoms with van der Waals surface area (Å²) in [6, 6.07) is 3.58. The highest BCUT2D eigenvalue weighted by atomic mass is 35.5. The quantitative estimate of drug-likeness (QED) is 0.404. The van der Waals surface area contributed by atoms with Gasteiger partial charge in [0.05, 0.1) is 15.1 Å². The van der Waals surface area contributed by atoms with Gasteiger partial charge < -0.3 is 5.73 Å². The van der Waals surface area contributed by atoms with Crippen molar-refractivity contribution in [2.75, 3.05) is 5.73 Å². The van der Waals surface area contributed by atoms with E-state index in [0.717, 1.165) is 6.07 Å². The minimum atomic E-state index is -4.65. The number of nitrogens with zero attached hydrogens (tertiary/aromatic N) is 5. The maximum atomic E-state index is 13.2. The van der Waals surface area contributed by atoms with Crippen LogP contribution in [0.2, 0.25) is 15.1 Å². The molecule has 1 aromatic carbocycles. The Hall–Kier alpha value is -2.10. The number of hydrogen-bond acceptors (Lipinski definition) is 5. The molecule has 0 amide bonds. The van der Waals surface area contributed by atoms with Crippen LogP contribution in [0.3, 0.4) is 0 Å². The van der Waals surface area contributed by atoms with Crippen LogP contribution in [0.4, 0.5) is 30.4 Å². The summed E-state index contributed by atoms with van der Waals surface area (Å²) in [6.45, 7) is 1.41. The van der Waals surface area contributed by atoms with E-state index in [1.807, 2.05) is 0 Å². The molecule has 0 radical (unpaired) electrons. The third kappa shape index (κ3) is 3.42. The average molecular weight is 424 g/mol. The van der Waals surface area contributed by atoms with Gasteiger partial charge >= 0.3 is 6.18 Å². The van der Waals surface area contributed by atoms with Gasteiger partial charge in [-0.25, -0.2) is 9.50 Å². The molecule has 136 valence electrons. The molecule has 26 heavy (non-hydrogen) atoms. The average Bonchev–Trinajstić information content (AvgIpc) is 2.83. The lowest BCUT2D eigenvalue weighted by atomic mass is 10.3. The first-order valence-corrected chi connectivity index (χ1v) is 8.00. The summed E-state index contributed by atoms with van der Waals surface area (Å²) in [5, 5.41) is 12.0.